The van der Waals surface area contributed by atoms with E-state index < -0.39 is 16.1 Å². The normalized spacial score (nSPS) is 13.9. The van der Waals surface area contributed by atoms with Gasteiger partial charge in [0.15, 0.2) is 0 Å². The Balaban J connectivity index is 1.59. The van der Waals surface area contributed by atoms with Crippen molar-refractivity contribution in [3.63, 3.8) is 0 Å². The Morgan fingerprint density at radius 2 is 1.81 bits per heavy atom. The first-order valence-corrected chi connectivity index (χ1v) is 13.1. The molecule has 1 N–H and O–H groups in total. The first-order valence-electron chi connectivity index (χ1n) is 10.9. The zero-order chi connectivity index (χ0) is 26.6. The molecule has 1 heterocycles. The Hall–Kier alpha value is -2.92. The fourth-order valence-corrected chi connectivity index (χ4v) is 5.42. The smallest absolute Gasteiger partial charge is 0.413 e. The maximum Gasteiger partial charge on any atom is 0.413 e. The molecule has 12 heteroatoms. The van der Waals surface area contributed by atoms with Gasteiger partial charge in [-0.05, 0) is 30.2 Å². The third-order valence-electron chi connectivity index (χ3n) is 5.68. The number of nitrogens with zero attached hydrogens (tertiary/aromatic N) is 4. The largest absolute Gasteiger partial charge is 0.465 e. The van der Waals surface area contributed by atoms with Crippen molar-refractivity contribution in [3.05, 3.63) is 75.3 Å². The lowest BCUT2D eigenvalue weighted by atomic mass is 10.1. The molecule has 0 radical (unpaired) electrons. The molecule has 0 bridgehead atoms. The van der Waals surface area contributed by atoms with E-state index in [-0.39, 0.29) is 22.4 Å². The van der Waals surface area contributed by atoms with E-state index in [1.165, 1.54) is 41.1 Å². The summed E-state index contributed by atoms with van der Waals surface area (Å²) >= 11 is 12.2. The van der Waals surface area contributed by atoms with Crippen LogP contribution in [0.2, 0.25) is 10.0 Å². The van der Waals surface area contributed by atoms with Crippen molar-refractivity contribution in [2.45, 2.75) is 18.4 Å². The maximum atomic E-state index is 12.9. The number of hydrogen-bond acceptors (Lipinski definition) is 5. The number of amides is 2. The summed E-state index contributed by atoms with van der Waals surface area (Å²) in [5, 5.41) is 9.71. The Morgan fingerprint density at radius 1 is 1.14 bits per heavy atom. The molecule has 0 atom stereocenters. The quantitative estimate of drug-likeness (QED) is 0.499. The van der Waals surface area contributed by atoms with Crippen LogP contribution >= 0.6 is 23.2 Å². The summed E-state index contributed by atoms with van der Waals surface area (Å²) in [5.74, 6) is 0.109. The molecule has 0 spiro atoms. The van der Waals surface area contributed by atoms with Crippen LogP contribution in [0.4, 0.5) is 4.79 Å². The molecule has 9 nitrogen and oxygen atoms in total. The van der Waals surface area contributed by atoms with Crippen LogP contribution in [0.5, 0.6) is 0 Å². The molecular weight excluding hydrogens is 527 g/mol. The predicted octanol–water partition coefficient (Wildman–Crippen LogP) is 3.88. The van der Waals surface area contributed by atoms with E-state index in [0.717, 1.165) is 9.87 Å². The Morgan fingerprint density at radius 3 is 2.44 bits per heavy atom. The number of carbonyl (C=O) groups excluding carboxylic acids is 1. The summed E-state index contributed by atoms with van der Waals surface area (Å²) in [6.07, 6.45) is 1.74. The van der Waals surface area contributed by atoms with Gasteiger partial charge in [0.05, 0.1) is 18.1 Å². The molecule has 192 valence electrons. The van der Waals surface area contributed by atoms with Crippen LogP contribution in [0.25, 0.3) is 0 Å². The van der Waals surface area contributed by atoms with Crippen molar-refractivity contribution in [3.8, 4) is 0 Å². The van der Waals surface area contributed by atoms with Gasteiger partial charge in [-0.1, -0.05) is 53.5 Å². The molecule has 2 amide bonds. The first kappa shape index (κ1) is 27.7. The Kier molecular flexibility index (Phi) is 8.78. The van der Waals surface area contributed by atoms with Crippen LogP contribution in [0, 0.1) is 6.92 Å². The molecule has 0 saturated heterocycles. The number of halogens is 2. The van der Waals surface area contributed by atoms with Gasteiger partial charge in [0, 0.05) is 43.8 Å². The number of carboxylic acid groups (broad SMARTS) is 1. The Bertz CT molecular complexity index is 1330. The standard InChI is InChI=1S/C24H26Cl2N4O5S/c1-16-19(25)10-11-20(22(16)26)36(34,35)29(3)13-4-5-21(31)28(2)15-17-6-8-18(9-7-17)23-27-12-14-30(23)24(32)33/h4-11H,12-15H2,1-3H3,(H,32,33)/b5-4+. The molecule has 0 aliphatic carbocycles. The number of likely N-dealkylation sites (N-methyl/N-ethyl adjacent to an activating group) is 2. The number of amidine groups is 1. The lowest BCUT2D eigenvalue weighted by Gasteiger charge is -2.18. The van der Waals surface area contributed by atoms with Crippen LogP contribution in [-0.2, 0) is 21.4 Å². The third-order valence-corrected chi connectivity index (χ3v) is 8.55. The highest BCUT2D eigenvalue weighted by atomic mass is 35.5. The van der Waals surface area contributed by atoms with Gasteiger partial charge < -0.3 is 10.0 Å². The summed E-state index contributed by atoms with van der Waals surface area (Å²) in [5.41, 5.74) is 2.01. The second-order valence-corrected chi connectivity index (χ2v) is 11.0. The number of hydrogen-bond donors (Lipinski definition) is 1. The molecule has 1 aliphatic heterocycles. The second-order valence-electron chi connectivity index (χ2n) is 8.20. The minimum atomic E-state index is -3.88. The molecule has 0 saturated carbocycles. The summed E-state index contributed by atoms with van der Waals surface area (Å²) in [4.78, 5) is 30.7. The van der Waals surface area contributed by atoms with Gasteiger partial charge in [0.2, 0.25) is 15.9 Å². The highest BCUT2D eigenvalue weighted by Gasteiger charge is 2.25. The van der Waals surface area contributed by atoms with Crippen LogP contribution in [0.1, 0.15) is 16.7 Å². The van der Waals surface area contributed by atoms with Crippen LogP contribution in [0.15, 0.2) is 58.4 Å². The zero-order valence-electron chi connectivity index (χ0n) is 20.0. The van der Waals surface area contributed by atoms with Crippen molar-refractivity contribution < 1.29 is 23.1 Å². The highest BCUT2D eigenvalue weighted by molar-refractivity contribution is 7.89. The molecule has 2 aromatic rings. The fourth-order valence-electron chi connectivity index (χ4n) is 3.52. The van der Waals surface area contributed by atoms with Crippen LogP contribution < -0.4 is 0 Å². The minimum absolute atomic E-state index is 0.0310. The van der Waals surface area contributed by atoms with Gasteiger partial charge >= 0.3 is 6.09 Å². The average Bonchev–Trinajstić information content (AvgIpc) is 3.33. The summed E-state index contributed by atoms with van der Waals surface area (Å²) in [7, 11) is -0.851. The predicted molar refractivity (Wildman–Crippen MR) is 139 cm³/mol. The third kappa shape index (κ3) is 6.07. The van der Waals surface area contributed by atoms with E-state index in [1.54, 1.807) is 26.1 Å². The van der Waals surface area contributed by atoms with Crippen LogP contribution in [-0.4, -0.2) is 79.2 Å². The van der Waals surface area contributed by atoms with Gasteiger partial charge in [0.25, 0.3) is 0 Å². The van der Waals surface area contributed by atoms with E-state index in [4.69, 9.17) is 23.2 Å². The topological polar surface area (TPSA) is 111 Å². The molecular formula is C24H26Cl2N4O5S. The van der Waals surface area contributed by atoms with Gasteiger partial charge in [-0.15, -0.1) is 0 Å². The van der Waals surface area contributed by atoms with E-state index >= 15 is 0 Å². The van der Waals surface area contributed by atoms with Crippen molar-refractivity contribution in [1.29, 1.82) is 0 Å². The number of benzene rings is 2. The van der Waals surface area contributed by atoms with Crippen molar-refractivity contribution in [2.24, 2.45) is 4.99 Å². The summed E-state index contributed by atoms with van der Waals surface area (Å²) in [6, 6.07) is 9.99. The van der Waals surface area contributed by atoms with Gasteiger partial charge in [-0.2, -0.15) is 4.31 Å². The summed E-state index contributed by atoms with van der Waals surface area (Å²) in [6.45, 7) is 2.68. The van der Waals surface area contributed by atoms with Crippen molar-refractivity contribution in [2.75, 3.05) is 33.7 Å². The Labute approximate surface area is 220 Å². The molecule has 1 aliphatic rings. The van der Waals surface area contributed by atoms with Crippen molar-refractivity contribution in [1.82, 2.24) is 14.1 Å². The number of carbonyl (C=O) groups is 2. The van der Waals surface area contributed by atoms with Crippen molar-refractivity contribution >= 4 is 51.1 Å². The first-order chi connectivity index (χ1) is 16.9. The summed E-state index contributed by atoms with van der Waals surface area (Å²) < 4.78 is 26.8. The molecule has 0 unspecified atom stereocenters. The molecule has 0 aromatic heterocycles. The number of aliphatic imine (C=N–C) groups is 1. The van der Waals surface area contributed by atoms with E-state index in [2.05, 4.69) is 4.99 Å². The minimum Gasteiger partial charge on any atom is -0.465 e. The van der Waals surface area contributed by atoms with E-state index in [0.29, 0.717) is 41.6 Å². The van der Waals surface area contributed by atoms with Gasteiger partial charge in [0.1, 0.15) is 10.7 Å². The molecule has 2 aromatic carbocycles. The fraction of sp³-hybridized carbons (Fsp3) is 0.292. The monoisotopic (exact) mass is 552 g/mol. The number of sulfonamides is 1. The second kappa shape index (κ2) is 11.4. The molecule has 0 fully saturated rings. The van der Waals surface area contributed by atoms with Gasteiger partial charge in [-0.3, -0.25) is 14.7 Å². The lowest BCUT2D eigenvalue weighted by Crippen LogP contribution is -2.33. The van der Waals surface area contributed by atoms with Crippen LogP contribution in [0.3, 0.4) is 0 Å². The lowest BCUT2D eigenvalue weighted by molar-refractivity contribution is -0.125. The highest BCUT2D eigenvalue weighted by Crippen LogP contribution is 2.31. The van der Waals surface area contributed by atoms with E-state index in [1.807, 2.05) is 12.1 Å². The molecule has 3 rings (SSSR count). The van der Waals surface area contributed by atoms with E-state index in [9.17, 15) is 23.1 Å². The average molecular weight is 553 g/mol. The molecule has 36 heavy (non-hydrogen) atoms. The van der Waals surface area contributed by atoms with Gasteiger partial charge in [-0.25, -0.2) is 13.2 Å². The zero-order valence-corrected chi connectivity index (χ0v) is 22.3. The number of rotatable bonds is 8. The SMILES string of the molecule is Cc1c(Cl)ccc(S(=O)(=O)N(C)C/C=C/C(=O)N(C)Cc2ccc(C3=NCCN3C(=O)O)cc2)c1Cl. The maximum absolute atomic E-state index is 12.9.